The molecular formula is C25H30N2O3. The van der Waals surface area contributed by atoms with E-state index in [1.807, 2.05) is 36.4 Å². The summed E-state index contributed by atoms with van der Waals surface area (Å²) in [7, 11) is 3.24. The summed E-state index contributed by atoms with van der Waals surface area (Å²) < 4.78 is 5.36. The summed E-state index contributed by atoms with van der Waals surface area (Å²) in [4.78, 5) is 18.7. The summed E-state index contributed by atoms with van der Waals surface area (Å²) in [5.74, 6) is 0.730. The van der Waals surface area contributed by atoms with Gasteiger partial charge >= 0.3 is 0 Å². The van der Waals surface area contributed by atoms with E-state index >= 15 is 0 Å². The molecule has 5 heteroatoms. The van der Waals surface area contributed by atoms with Crippen molar-refractivity contribution in [2.24, 2.45) is 0 Å². The molecule has 5 nitrogen and oxygen atoms in total. The Morgan fingerprint density at radius 1 is 1.00 bits per heavy atom. The second-order valence-electron chi connectivity index (χ2n) is 9.23. The van der Waals surface area contributed by atoms with Crippen LogP contribution in [0.5, 0.6) is 5.75 Å². The van der Waals surface area contributed by atoms with Gasteiger partial charge in [-0.15, -0.1) is 0 Å². The van der Waals surface area contributed by atoms with Gasteiger partial charge in [0.05, 0.1) is 14.2 Å². The Balaban J connectivity index is 1.98. The Morgan fingerprint density at radius 2 is 1.67 bits per heavy atom. The summed E-state index contributed by atoms with van der Waals surface area (Å²) in [6.07, 6.45) is 0.836. The van der Waals surface area contributed by atoms with Crippen LogP contribution in [0.25, 0.3) is 5.57 Å². The first-order chi connectivity index (χ1) is 14.2. The quantitative estimate of drug-likeness (QED) is 0.796. The number of carbonyl (C=O) groups excluding carboxylic acids is 1. The summed E-state index contributed by atoms with van der Waals surface area (Å²) in [5, 5.41) is 5.31. The Kier molecular flexibility index (Phi) is 4.99. The van der Waals surface area contributed by atoms with Gasteiger partial charge in [-0.25, -0.2) is 5.06 Å². The number of hydroxylamine groups is 2. The zero-order chi connectivity index (χ0) is 21.7. The van der Waals surface area contributed by atoms with Crippen LogP contribution in [0.3, 0.4) is 0 Å². The lowest BCUT2D eigenvalue weighted by Gasteiger charge is -2.48. The fraction of sp³-hybridized carbons (Fsp3) is 0.400. The van der Waals surface area contributed by atoms with Gasteiger partial charge in [0, 0.05) is 16.6 Å². The standard InChI is InChI=1S/C25H30N2O3/c1-24(2)15-20(16-11-13-17(29-5)14-12-16)21(25(3,4)26-24)22-18-9-7-8-10-19(18)23(28)27(22)30-6/h7-14,22,26H,15H2,1-6H3. The number of nitrogens with zero attached hydrogens (tertiary/aromatic N) is 1. The number of hydrogen-bond acceptors (Lipinski definition) is 4. The van der Waals surface area contributed by atoms with Crippen LogP contribution in [0.15, 0.2) is 54.1 Å². The van der Waals surface area contributed by atoms with Crippen molar-refractivity contribution in [1.29, 1.82) is 0 Å². The van der Waals surface area contributed by atoms with Crippen molar-refractivity contribution in [1.82, 2.24) is 10.4 Å². The van der Waals surface area contributed by atoms with E-state index in [2.05, 4.69) is 45.1 Å². The van der Waals surface area contributed by atoms with E-state index in [1.54, 1.807) is 14.2 Å². The van der Waals surface area contributed by atoms with Crippen molar-refractivity contribution < 1.29 is 14.4 Å². The van der Waals surface area contributed by atoms with Crippen LogP contribution in [0.1, 0.15) is 61.6 Å². The fourth-order valence-electron chi connectivity index (χ4n) is 5.18. The number of ether oxygens (including phenoxy) is 1. The van der Waals surface area contributed by atoms with E-state index in [9.17, 15) is 4.79 Å². The maximum atomic E-state index is 13.1. The van der Waals surface area contributed by atoms with Crippen molar-refractivity contribution in [2.45, 2.75) is 51.2 Å². The number of fused-ring (bicyclic) bond motifs is 1. The van der Waals surface area contributed by atoms with Crippen LogP contribution in [0.4, 0.5) is 0 Å². The third-order valence-electron chi connectivity index (χ3n) is 6.10. The number of nitrogens with one attached hydrogen (secondary N) is 1. The monoisotopic (exact) mass is 406 g/mol. The van der Waals surface area contributed by atoms with Gasteiger partial charge in [-0.2, -0.15) is 0 Å². The highest BCUT2D eigenvalue weighted by Gasteiger charge is 2.48. The number of hydrogen-bond donors (Lipinski definition) is 1. The van der Waals surface area contributed by atoms with Gasteiger partial charge in [-0.3, -0.25) is 9.63 Å². The second kappa shape index (κ2) is 7.25. The van der Waals surface area contributed by atoms with Crippen LogP contribution in [0.2, 0.25) is 0 Å². The minimum Gasteiger partial charge on any atom is -0.497 e. The Labute approximate surface area is 178 Å². The predicted molar refractivity (Wildman–Crippen MR) is 118 cm³/mol. The Bertz CT molecular complexity index is 1010. The fourth-order valence-corrected chi connectivity index (χ4v) is 5.18. The van der Waals surface area contributed by atoms with Crippen molar-refractivity contribution in [3.05, 3.63) is 70.8 Å². The molecule has 0 bridgehead atoms. The molecule has 2 aliphatic heterocycles. The summed E-state index contributed by atoms with van der Waals surface area (Å²) >= 11 is 0. The molecular weight excluding hydrogens is 376 g/mol. The van der Waals surface area contributed by atoms with Gasteiger partial charge in [0.2, 0.25) is 0 Å². The molecule has 1 atom stereocenters. The first-order valence-corrected chi connectivity index (χ1v) is 10.3. The largest absolute Gasteiger partial charge is 0.497 e. The molecule has 0 aromatic heterocycles. The third-order valence-corrected chi connectivity index (χ3v) is 6.10. The molecule has 1 unspecified atom stereocenters. The van der Waals surface area contributed by atoms with Gasteiger partial charge in [-0.05, 0) is 74.6 Å². The topological polar surface area (TPSA) is 50.8 Å². The molecule has 1 N–H and O–H groups in total. The highest BCUT2D eigenvalue weighted by Crippen LogP contribution is 2.49. The normalized spacial score (nSPS) is 22.3. The molecule has 2 aromatic rings. The minimum atomic E-state index is -0.351. The van der Waals surface area contributed by atoms with E-state index in [4.69, 9.17) is 9.57 Å². The number of carbonyl (C=O) groups is 1. The lowest BCUT2D eigenvalue weighted by Crippen LogP contribution is -2.58. The lowest BCUT2D eigenvalue weighted by atomic mass is 9.72. The van der Waals surface area contributed by atoms with Crippen LogP contribution < -0.4 is 10.1 Å². The van der Waals surface area contributed by atoms with Crippen LogP contribution in [0, 0.1) is 0 Å². The highest BCUT2D eigenvalue weighted by molar-refractivity contribution is 5.99. The van der Waals surface area contributed by atoms with Gasteiger partial charge in [0.15, 0.2) is 0 Å². The van der Waals surface area contributed by atoms with Crippen LogP contribution in [-0.4, -0.2) is 36.3 Å². The lowest BCUT2D eigenvalue weighted by molar-refractivity contribution is -0.112. The molecule has 0 spiro atoms. The zero-order valence-corrected chi connectivity index (χ0v) is 18.6. The average molecular weight is 407 g/mol. The SMILES string of the molecule is COc1ccc(C2=C(C3c4ccccc4C(=O)N3OC)C(C)(C)NC(C)(C)C2)cc1. The molecule has 0 radical (unpaired) electrons. The van der Waals surface area contributed by atoms with Gasteiger partial charge in [0.1, 0.15) is 11.8 Å². The van der Waals surface area contributed by atoms with Crippen molar-refractivity contribution in [3.63, 3.8) is 0 Å². The van der Waals surface area contributed by atoms with Crippen molar-refractivity contribution >= 4 is 11.5 Å². The molecule has 2 aromatic carbocycles. The molecule has 0 aliphatic carbocycles. The second-order valence-corrected chi connectivity index (χ2v) is 9.23. The molecule has 2 heterocycles. The van der Waals surface area contributed by atoms with Gasteiger partial charge in [0.25, 0.3) is 5.91 Å². The molecule has 0 fully saturated rings. The maximum Gasteiger partial charge on any atom is 0.278 e. The molecule has 0 saturated heterocycles. The summed E-state index contributed by atoms with van der Waals surface area (Å²) in [6, 6.07) is 15.7. The van der Waals surface area contributed by atoms with E-state index in [1.165, 1.54) is 10.6 Å². The molecule has 0 saturated carbocycles. The number of benzene rings is 2. The molecule has 2 aliphatic rings. The number of rotatable bonds is 4. The predicted octanol–water partition coefficient (Wildman–Crippen LogP) is 4.76. The summed E-state index contributed by atoms with van der Waals surface area (Å²) in [5.41, 5.74) is 4.78. The first-order valence-electron chi connectivity index (χ1n) is 10.3. The Hall–Kier alpha value is -2.63. The number of amides is 1. The van der Waals surface area contributed by atoms with E-state index in [-0.39, 0.29) is 23.0 Å². The van der Waals surface area contributed by atoms with Crippen LogP contribution >= 0.6 is 0 Å². The van der Waals surface area contributed by atoms with Crippen molar-refractivity contribution in [3.8, 4) is 5.75 Å². The van der Waals surface area contributed by atoms with Crippen LogP contribution in [-0.2, 0) is 4.84 Å². The molecule has 4 rings (SSSR count). The number of methoxy groups -OCH3 is 1. The van der Waals surface area contributed by atoms with Gasteiger partial charge in [-0.1, -0.05) is 30.3 Å². The molecule has 158 valence electrons. The molecule has 1 amide bonds. The average Bonchev–Trinajstić information content (AvgIpc) is 2.98. The van der Waals surface area contributed by atoms with E-state index < -0.39 is 0 Å². The highest BCUT2D eigenvalue weighted by atomic mass is 16.7. The van der Waals surface area contributed by atoms with Crippen molar-refractivity contribution in [2.75, 3.05) is 14.2 Å². The third kappa shape index (κ3) is 3.32. The van der Waals surface area contributed by atoms with E-state index in [0.717, 1.165) is 28.9 Å². The van der Waals surface area contributed by atoms with E-state index in [0.29, 0.717) is 5.56 Å². The summed E-state index contributed by atoms with van der Waals surface area (Å²) in [6.45, 7) is 8.81. The Morgan fingerprint density at radius 3 is 2.30 bits per heavy atom. The smallest absolute Gasteiger partial charge is 0.278 e. The molecule has 30 heavy (non-hydrogen) atoms. The first kappa shape index (κ1) is 20.6. The minimum absolute atomic E-state index is 0.0949. The van der Waals surface area contributed by atoms with Gasteiger partial charge < -0.3 is 10.1 Å². The maximum absolute atomic E-state index is 13.1. The zero-order valence-electron chi connectivity index (χ0n) is 18.6.